The number of benzene rings is 2. The highest BCUT2D eigenvalue weighted by Crippen LogP contribution is 2.33. The highest BCUT2D eigenvalue weighted by atomic mass is 35.5. The molecule has 3 aliphatic rings. The van der Waals surface area contributed by atoms with Gasteiger partial charge in [-0.25, -0.2) is 9.79 Å². The molecule has 5 rings (SSSR count). The molecule has 0 spiro atoms. The number of nitrogens with zero attached hydrogens (tertiary/aromatic N) is 5. The van der Waals surface area contributed by atoms with E-state index in [9.17, 15) is 9.59 Å². The summed E-state index contributed by atoms with van der Waals surface area (Å²) < 4.78 is 0. The Morgan fingerprint density at radius 3 is 2.43 bits per heavy atom. The number of hydrogen-bond donors (Lipinski definition) is 0. The molecule has 0 bridgehead atoms. The Morgan fingerprint density at radius 1 is 1.03 bits per heavy atom. The van der Waals surface area contributed by atoms with E-state index in [4.69, 9.17) is 16.6 Å². The van der Waals surface area contributed by atoms with Gasteiger partial charge in [0.2, 0.25) is 5.96 Å². The number of likely N-dealkylation sites (N-methyl/N-ethyl adjacent to an activating group) is 1. The summed E-state index contributed by atoms with van der Waals surface area (Å²) in [5, 5.41) is 0.620. The lowest BCUT2D eigenvalue weighted by atomic mass is 10.1. The van der Waals surface area contributed by atoms with Crippen molar-refractivity contribution in [1.82, 2.24) is 14.7 Å². The van der Waals surface area contributed by atoms with Gasteiger partial charge in [-0.05, 0) is 36.8 Å². The van der Waals surface area contributed by atoms with Gasteiger partial charge in [-0.3, -0.25) is 9.69 Å². The zero-order valence-electron chi connectivity index (χ0n) is 16.8. The predicted molar refractivity (Wildman–Crippen MR) is 115 cm³/mol. The molecule has 7 nitrogen and oxygen atoms in total. The van der Waals surface area contributed by atoms with Gasteiger partial charge in [0, 0.05) is 30.8 Å². The molecule has 2 unspecified atom stereocenters. The minimum Gasteiger partial charge on any atom is -0.325 e. The van der Waals surface area contributed by atoms with Gasteiger partial charge in [0.1, 0.15) is 0 Å². The van der Waals surface area contributed by atoms with E-state index in [1.165, 1.54) is 10.5 Å². The van der Waals surface area contributed by atoms with Crippen LogP contribution in [0.2, 0.25) is 5.02 Å². The van der Waals surface area contributed by atoms with Crippen molar-refractivity contribution in [3.63, 3.8) is 0 Å². The predicted octanol–water partition coefficient (Wildman–Crippen LogP) is 2.93. The highest BCUT2D eigenvalue weighted by Gasteiger charge is 2.54. The van der Waals surface area contributed by atoms with E-state index in [-0.39, 0.29) is 18.5 Å². The Bertz CT molecular complexity index is 1040. The fraction of sp³-hybridized carbons (Fsp3) is 0.318. The van der Waals surface area contributed by atoms with E-state index in [0.29, 0.717) is 11.6 Å². The number of rotatable bonds is 3. The van der Waals surface area contributed by atoms with E-state index in [1.807, 2.05) is 17.0 Å². The van der Waals surface area contributed by atoms with Crippen LogP contribution in [0.3, 0.4) is 0 Å². The average Bonchev–Trinajstić information content (AvgIpc) is 3.31. The summed E-state index contributed by atoms with van der Waals surface area (Å²) in [7, 11) is 1.71. The second-order valence-electron chi connectivity index (χ2n) is 7.91. The number of aryl methyl sites for hydroxylation is 1. The number of aliphatic imine (C=N–C) groups is 1. The molecule has 0 radical (unpaired) electrons. The normalized spacial score (nSPS) is 23.1. The van der Waals surface area contributed by atoms with Crippen molar-refractivity contribution in [2.24, 2.45) is 4.99 Å². The van der Waals surface area contributed by atoms with Crippen LogP contribution in [0.5, 0.6) is 0 Å². The summed E-state index contributed by atoms with van der Waals surface area (Å²) in [6.07, 6.45) is -0.505. The summed E-state index contributed by atoms with van der Waals surface area (Å²) in [5.41, 5.74) is 3.09. The fourth-order valence-electron chi connectivity index (χ4n) is 4.32. The highest BCUT2D eigenvalue weighted by molar-refractivity contribution is 6.30. The molecule has 154 valence electrons. The number of imide groups is 1. The minimum atomic E-state index is -0.505. The number of guanidine groups is 1. The third kappa shape index (κ3) is 2.92. The third-order valence-electron chi connectivity index (χ3n) is 5.98. The monoisotopic (exact) mass is 423 g/mol. The first-order valence-electron chi connectivity index (χ1n) is 9.95. The lowest BCUT2D eigenvalue weighted by Crippen LogP contribution is -2.64. The number of halogens is 1. The molecule has 3 aliphatic heterocycles. The van der Waals surface area contributed by atoms with Crippen LogP contribution in [0.4, 0.5) is 10.5 Å². The van der Waals surface area contributed by atoms with Gasteiger partial charge in [-0.2, -0.15) is 0 Å². The number of amides is 3. The van der Waals surface area contributed by atoms with Crippen LogP contribution in [-0.4, -0.2) is 64.9 Å². The maximum atomic E-state index is 13.4. The Hall–Kier alpha value is -3.06. The van der Waals surface area contributed by atoms with Gasteiger partial charge in [0.15, 0.2) is 12.2 Å². The summed E-state index contributed by atoms with van der Waals surface area (Å²) in [6.45, 7) is 3.72. The van der Waals surface area contributed by atoms with Crippen molar-refractivity contribution >= 4 is 35.2 Å². The molecule has 0 saturated carbocycles. The van der Waals surface area contributed by atoms with Gasteiger partial charge in [0.05, 0.1) is 6.54 Å². The largest absolute Gasteiger partial charge is 0.328 e. The number of fused-ring (bicyclic) bond motifs is 3. The van der Waals surface area contributed by atoms with Crippen LogP contribution in [0.1, 0.15) is 11.1 Å². The molecule has 2 aromatic carbocycles. The van der Waals surface area contributed by atoms with Crippen molar-refractivity contribution in [2.75, 3.05) is 25.0 Å². The summed E-state index contributed by atoms with van der Waals surface area (Å²) >= 11 is 5.96. The maximum Gasteiger partial charge on any atom is 0.328 e. The Morgan fingerprint density at radius 2 is 1.73 bits per heavy atom. The summed E-state index contributed by atoms with van der Waals surface area (Å²) in [6, 6.07) is 14.6. The summed E-state index contributed by atoms with van der Waals surface area (Å²) in [5.74, 6) is 0.553. The van der Waals surface area contributed by atoms with Crippen LogP contribution < -0.4 is 4.90 Å². The maximum absolute atomic E-state index is 13.4. The van der Waals surface area contributed by atoms with Crippen LogP contribution in [-0.2, 0) is 11.3 Å². The van der Waals surface area contributed by atoms with Gasteiger partial charge in [-0.1, -0.05) is 41.4 Å². The molecule has 2 saturated heterocycles. The SMILES string of the molecule is Cc1ccc(N2CCN3C2=NC2C3C(=O)N(Cc3ccc(Cl)cc3)C(=O)N2C)cc1. The number of carbonyl (C=O) groups is 2. The van der Waals surface area contributed by atoms with E-state index < -0.39 is 12.2 Å². The molecule has 3 amide bonds. The molecule has 3 heterocycles. The lowest BCUT2D eigenvalue weighted by molar-refractivity contribution is -0.137. The lowest BCUT2D eigenvalue weighted by Gasteiger charge is -2.40. The van der Waals surface area contributed by atoms with E-state index in [2.05, 4.69) is 36.1 Å². The van der Waals surface area contributed by atoms with Gasteiger partial charge >= 0.3 is 6.03 Å². The van der Waals surface area contributed by atoms with Crippen LogP contribution in [0.25, 0.3) is 0 Å². The Kier molecular flexibility index (Phi) is 4.43. The number of carbonyl (C=O) groups excluding carboxylic acids is 2. The molecule has 0 aliphatic carbocycles. The molecule has 30 heavy (non-hydrogen) atoms. The van der Waals surface area contributed by atoms with E-state index in [0.717, 1.165) is 23.8 Å². The summed E-state index contributed by atoms with van der Waals surface area (Å²) in [4.78, 5) is 38.2. The van der Waals surface area contributed by atoms with Crippen LogP contribution >= 0.6 is 11.6 Å². The van der Waals surface area contributed by atoms with Crippen molar-refractivity contribution in [3.05, 3.63) is 64.7 Å². The van der Waals surface area contributed by atoms with E-state index >= 15 is 0 Å². The molecule has 0 N–H and O–H groups in total. The second kappa shape index (κ2) is 7.02. The zero-order valence-corrected chi connectivity index (χ0v) is 17.6. The Labute approximate surface area is 180 Å². The molecule has 2 atom stereocenters. The van der Waals surface area contributed by atoms with Crippen LogP contribution in [0.15, 0.2) is 53.5 Å². The minimum absolute atomic E-state index is 0.206. The topological polar surface area (TPSA) is 59.5 Å². The standard InChI is InChI=1S/C22H22ClN5O2/c1-14-3-9-17(10-4-14)26-11-12-27-18-19(24-21(26)27)25(2)22(30)28(20(18)29)13-15-5-7-16(23)8-6-15/h3-10,18-19H,11-13H2,1-2H3. The van der Waals surface area contributed by atoms with Gasteiger partial charge in [0.25, 0.3) is 5.91 Å². The van der Waals surface area contributed by atoms with E-state index in [1.54, 1.807) is 24.1 Å². The number of hydrogen-bond acceptors (Lipinski definition) is 5. The van der Waals surface area contributed by atoms with Crippen LogP contribution in [0, 0.1) is 6.92 Å². The number of urea groups is 1. The molecule has 0 aromatic heterocycles. The number of anilines is 1. The smallest absolute Gasteiger partial charge is 0.325 e. The van der Waals surface area contributed by atoms with Crippen molar-refractivity contribution < 1.29 is 9.59 Å². The van der Waals surface area contributed by atoms with Crippen molar-refractivity contribution in [2.45, 2.75) is 25.7 Å². The quantitative estimate of drug-likeness (QED) is 0.761. The average molecular weight is 424 g/mol. The van der Waals surface area contributed by atoms with Crippen molar-refractivity contribution in [3.8, 4) is 0 Å². The first-order valence-corrected chi connectivity index (χ1v) is 10.3. The van der Waals surface area contributed by atoms with Gasteiger partial charge < -0.3 is 14.7 Å². The fourth-order valence-corrected chi connectivity index (χ4v) is 4.45. The second-order valence-corrected chi connectivity index (χ2v) is 8.35. The molecular weight excluding hydrogens is 402 g/mol. The van der Waals surface area contributed by atoms with Crippen molar-refractivity contribution in [1.29, 1.82) is 0 Å². The molecule has 2 aromatic rings. The zero-order chi connectivity index (χ0) is 21.0. The third-order valence-corrected chi connectivity index (χ3v) is 6.23. The first kappa shape index (κ1) is 18.9. The first-order chi connectivity index (χ1) is 14.4. The Balaban J connectivity index is 1.43. The molecule has 2 fully saturated rings. The van der Waals surface area contributed by atoms with Gasteiger partial charge in [-0.15, -0.1) is 0 Å². The molecule has 8 heteroatoms. The molecular formula is C22H22ClN5O2.